The number of para-hydroxylation sites is 2. The summed E-state index contributed by atoms with van der Waals surface area (Å²) in [7, 11) is 0. The van der Waals surface area contributed by atoms with Crippen molar-refractivity contribution in [1.82, 2.24) is 15.2 Å². The second kappa shape index (κ2) is 9.95. The standard InChI is InChI=1S/C33H24F2N4O3/c34-21-15-13-19(14-16-21)30-29-24(22-8-2-5-11-26(22)37-29)17-28-32(41)39(33(42)38(28)30)27-12-6-3-9-23(27)31(40)36-18-20-7-1-4-10-25(20)35/h1-16,28,30,37H,17-18H2,(H,36,40). The molecule has 3 heterocycles. The molecule has 1 fully saturated rings. The quantitative estimate of drug-likeness (QED) is 0.263. The maximum Gasteiger partial charge on any atom is 0.332 e. The molecule has 9 heteroatoms. The van der Waals surface area contributed by atoms with Crippen LogP contribution in [0.25, 0.3) is 10.9 Å². The summed E-state index contributed by atoms with van der Waals surface area (Å²) in [5.41, 5.74) is 3.76. The largest absolute Gasteiger partial charge is 0.356 e. The highest BCUT2D eigenvalue weighted by Gasteiger charge is 2.53. The molecule has 0 radical (unpaired) electrons. The van der Waals surface area contributed by atoms with Gasteiger partial charge in [0.2, 0.25) is 0 Å². The number of amides is 4. The summed E-state index contributed by atoms with van der Waals surface area (Å²) in [6.07, 6.45) is 0.278. The summed E-state index contributed by atoms with van der Waals surface area (Å²) in [4.78, 5) is 47.5. The molecule has 1 aromatic heterocycles. The maximum atomic E-state index is 14.2. The molecule has 2 aliphatic heterocycles. The first-order valence-corrected chi connectivity index (χ1v) is 13.5. The van der Waals surface area contributed by atoms with Gasteiger partial charge >= 0.3 is 6.03 Å². The number of nitrogens with one attached hydrogen (secondary N) is 2. The van der Waals surface area contributed by atoms with Gasteiger partial charge in [0.1, 0.15) is 23.7 Å². The molecule has 1 saturated heterocycles. The van der Waals surface area contributed by atoms with Crippen LogP contribution in [0.1, 0.15) is 38.8 Å². The fourth-order valence-corrected chi connectivity index (χ4v) is 6.06. The Hall–Kier alpha value is -5.31. The van der Waals surface area contributed by atoms with E-state index in [1.807, 2.05) is 24.3 Å². The van der Waals surface area contributed by atoms with Gasteiger partial charge in [0.15, 0.2) is 0 Å². The molecule has 2 unspecified atom stereocenters. The minimum absolute atomic E-state index is 0.0646. The molecule has 2 aliphatic rings. The van der Waals surface area contributed by atoms with Crippen LogP contribution in [0.2, 0.25) is 0 Å². The van der Waals surface area contributed by atoms with Gasteiger partial charge in [0, 0.05) is 35.1 Å². The molecule has 0 bridgehead atoms. The van der Waals surface area contributed by atoms with Crippen molar-refractivity contribution in [2.24, 2.45) is 0 Å². The van der Waals surface area contributed by atoms with E-state index in [-0.39, 0.29) is 24.2 Å². The summed E-state index contributed by atoms with van der Waals surface area (Å²) in [6.45, 7) is -0.0646. The third-order valence-corrected chi connectivity index (χ3v) is 8.02. The number of fused-ring (bicyclic) bond motifs is 4. The molecule has 7 rings (SSSR count). The van der Waals surface area contributed by atoms with Gasteiger partial charge in [0.25, 0.3) is 11.8 Å². The van der Waals surface area contributed by atoms with Crippen LogP contribution in [0.15, 0.2) is 97.1 Å². The van der Waals surface area contributed by atoms with E-state index in [2.05, 4.69) is 10.3 Å². The first-order chi connectivity index (χ1) is 20.4. The van der Waals surface area contributed by atoms with E-state index in [0.29, 0.717) is 11.1 Å². The summed E-state index contributed by atoms with van der Waals surface area (Å²) < 4.78 is 28.1. The molecule has 0 aliphatic carbocycles. The van der Waals surface area contributed by atoms with Gasteiger partial charge in [-0.05, 0) is 47.5 Å². The van der Waals surface area contributed by atoms with E-state index in [0.717, 1.165) is 27.1 Å². The molecule has 0 spiro atoms. The van der Waals surface area contributed by atoms with E-state index >= 15 is 0 Å². The van der Waals surface area contributed by atoms with Crippen molar-refractivity contribution >= 4 is 34.4 Å². The van der Waals surface area contributed by atoms with Crippen molar-refractivity contribution in [3.63, 3.8) is 0 Å². The summed E-state index contributed by atoms with van der Waals surface area (Å²) in [5, 5.41) is 3.65. The predicted molar refractivity (Wildman–Crippen MR) is 153 cm³/mol. The SMILES string of the molecule is O=C(NCc1ccccc1F)c1ccccc1N1C(=O)C2Cc3c([nH]c4ccccc34)C(c3ccc(F)cc3)N2C1=O. The highest BCUT2D eigenvalue weighted by Crippen LogP contribution is 2.45. The van der Waals surface area contributed by atoms with E-state index in [4.69, 9.17) is 0 Å². The number of carbonyl (C=O) groups excluding carboxylic acids is 3. The Labute approximate surface area is 239 Å². The molecule has 7 nitrogen and oxygen atoms in total. The molecule has 208 valence electrons. The summed E-state index contributed by atoms with van der Waals surface area (Å²) in [5.74, 6) is -1.87. The summed E-state index contributed by atoms with van der Waals surface area (Å²) in [6, 6.07) is 24.0. The Morgan fingerprint density at radius 1 is 0.881 bits per heavy atom. The average molecular weight is 563 g/mol. The van der Waals surface area contributed by atoms with E-state index in [9.17, 15) is 23.2 Å². The van der Waals surface area contributed by atoms with E-state index in [1.54, 1.807) is 48.5 Å². The van der Waals surface area contributed by atoms with Gasteiger partial charge in [-0.15, -0.1) is 0 Å². The highest BCUT2D eigenvalue weighted by molar-refractivity contribution is 6.24. The third-order valence-electron chi connectivity index (χ3n) is 8.02. The number of hydrogen-bond acceptors (Lipinski definition) is 3. The average Bonchev–Trinajstić information content (AvgIpc) is 3.50. The van der Waals surface area contributed by atoms with Crippen LogP contribution < -0.4 is 10.2 Å². The van der Waals surface area contributed by atoms with Crippen LogP contribution in [-0.4, -0.2) is 33.8 Å². The molecule has 2 N–H and O–H groups in total. The van der Waals surface area contributed by atoms with Gasteiger partial charge in [-0.25, -0.2) is 18.5 Å². The van der Waals surface area contributed by atoms with Crippen LogP contribution in [0.5, 0.6) is 0 Å². The van der Waals surface area contributed by atoms with Crippen LogP contribution >= 0.6 is 0 Å². The molecular formula is C33H24F2N4O3. The van der Waals surface area contributed by atoms with E-state index in [1.165, 1.54) is 29.2 Å². The fourth-order valence-electron chi connectivity index (χ4n) is 6.06. The molecule has 42 heavy (non-hydrogen) atoms. The Bertz CT molecular complexity index is 1880. The van der Waals surface area contributed by atoms with Crippen LogP contribution in [0.4, 0.5) is 19.3 Å². The van der Waals surface area contributed by atoms with Crippen LogP contribution in [0, 0.1) is 11.6 Å². The predicted octanol–water partition coefficient (Wildman–Crippen LogP) is 5.86. The summed E-state index contributed by atoms with van der Waals surface area (Å²) >= 11 is 0. The lowest BCUT2D eigenvalue weighted by atomic mass is 9.89. The Balaban J connectivity index is 1.28. The molecule has 2 atom stereocenters. The Morgan fingerprint density at radius 2 is 1.60 bits per heavy atom. The molecule has 0 saturated carbocycles. The topological polar surface area (TPSA) is 85.5 Å². The van der Waals surface area contributed by atoms with Crippen molar-refractivity contribution in [3.05, 3.63) is 137 Å². The van der Waals surface area contributed by atoms with Crippen molar-refractivity contribution in [2.45, 2.75) is 25.0 Å². The minimum atomic E-state index is -0.839. The number of rotatable bonds is 5. The molecule has 5 aromatic rings. The van der Waals surface area contributed by atoms with Crippen molar-refractivity contribution < 1.29 is 23.2 Å². The third kappa shape index (κ3) is 4.04. The second-order valence-electron chi connectivity index (χ2n) is 10.4. The zero-order valence-electron chi connectivity index (χ0n) is 22.2. The van der Waals surface area contributed by atoms with Crippen molar-refractivity contribution in [2.75, 3.05) is 4.90 Å². The first kappa shape index (κ1) is 25.6. The number of hydrogen-bond donors (Lipinski definition) is 2. The van der Waals surface area contributed by atoms with Gasteiger partial charge in [-0.2, -0.15) is 0 Å². The molecule has 4 amide bonds. The minimum Gasteiger partial charge on any atom is -0.356 e. The lowest BCUT2D eigenvalue weighted by molar-refractivity contribution is -0.120. The highest BCUT2D eigenvalue weighted by atomic mass is 19.1. The number of urea groups is 1. The van der Waals surface area contributed by atoms with Crippen molar-refractivity contribution in [1.29, 1.82) is 0 Å². The number of aromatic amines is 1. The fraction of sp³-hybridized carbons (Fsp3) is 0.121. The van der Waals surface area contributed by atoms with Gasteiger partial charge in [-0.3, -0.25) is 14.5 Å². The van der Waals surface area contributed by atoms with Crippen LogP contribution in [-0.2, 0) is 17.8 Å². The van der Waals surface area contributed by atoms with Gasteiger partial charge < -0.3 is 10.3 Å². The second-order valence-corrected chi connectivity index (χ2v) is 10.4. The van der Waals surface area contributed by atoms with Gasteiger partial charge in [-0.1, -0.05) is 60.7 Å². The lowest BCUT2D eigenvalue weighted by Crippen LogP contribution is -2.44. The Morgan fingerprint density at radius 3 is 2.40 bits per heavy atom. The smallest absolute Gasteiger partial charge is 0.332 e. The number of aromatic nitrogens is 1. The number of carbonyl (C=O) groups is 3. The number of imide groups is 1. The monoisotopic (exact) mass is 562 g/mol. The lowest BCUT2D eigenvalue weighted by Gasteiger charge is -2.36. The van der Waals surface area contributed by atoms with Crippen molar-refractivity contribution in [3.8, 4) is 0 Å². The number of halogens is 2. The normalized spacial score (nSPS) is 17.9. The molecule has 4 aromatic carbocycles. The first-order valence-electron chi connectivity index (χ1n) is 13.5. The number of benzene rings is 4. The zero-order chi connectivity index (χ0) is 29.0. The van der Waals surface area contributed by atoms with E-state index < -0.39 is 41.6 Å². The maximum absolute atomic E-state index is 14.2. The number of anilines is 1. The van der Waals surface area contributed by atoms with Gasteiger partial charge in [0.05, 0.1) is 11.3 Å². The van der Waals surface area contributed by atoms with Crippen LogP contribution in [0.3, 0.4) is 0 Å². The number of H-pyrrole nitrogens is 1. The number of nitrogens with zero attached hydrogens (tertiary/aromatic N) is 2. The zero-order valence-corrected chi connectivity index (χ0v) is 22.2. The Kier molecular flexibility index (Phi) is 6.08. The molecular weight excluding hydrogens is 538 g/mol.